The fourth-order valence-corrected chi connectivity index (χ4v) is 4.80. The Labute approximate surface area is 246 Å². The van der Waals surface area contributed by atoms with Crippen LogP contribution in [-0.2, 0) is 9.59 Å². The van der Waals surface area contributed by atoms with Gasteiger partial charge in [-0.15, -0.1) is 11.8 Å². The van der Waals surface area contributed by atoms with Gasteiger partial charge >= 0.3 is 0 Å². The highest BCUT2D eigenvalue weighted by molar-refractivity contribution is 8.00. The summed E-state index contributed by atoms with van der Waals surface area (Å²) in [6.07, 6.45) is 1.58. The molecule has 0 bridgehead atoms. The third-order valence-electron chi connectivity index (χ3n) is 5.62. The van der Waals surface area contributed by atoms with Crippen LogP contribution in [0.1, 0.15) is 22.8 Å². The van der Waals surface area contributed by atoms with Crippen LogP contribution in [0.2, 0.25) is 10.0 Å². The van der Waals surface area contributed by atoms with Crippen molar-refractivity contribution in [3.63, 3.8) is 0 Å². The van der Waals surface area contributed by atoms with Crippen LogP contribution >= 0.6 is 35.0 Å². The van der Waals surface area contributed by atoms with Crippen LogP contribution in [0.5, 0.6) is 0 Å². The number of hydrogen-bond donors (Lipinski definition) is 3. The number of thioether (sulfide) groups is 1. The van der Waals surface area contributed by atoms with E-state index in [1.807, 2.05) is 6.07 Å². The van der Waals surface area contributed by atoms with Crippen LogP contribution < -0.4 is 16.0 Å². The molecule has 4 aromatic carbocycles. The molecule has 0 saturated heterocycles. The van der Waals surface area contributed by atoms with Crippen LogP contribution in [0, 0.1) is 0 Å². The topological polar surface area (TPSA) is 87.3 Å². The van der Waals surface area contributed by atoms with Crippen molar-refractivity contribution in [2.75, 3.05) is 10.6 Å². The van der Waals surface area contributed by atoms with Crippen LogP contribution in [0.25, 0.3) is 6.08 Å². The van der Waals surface area contributed by atoms with E-state index >= 15 is 0 Å². The quantitative estimate of drug-likeness (QED) is 0.139. The molecule has 1 unspecified atom stereocenters. The normalized spacial score (nSPS) is 11.8. The van der Waals surface area contributed by atoms with Crippen molar-refractivity contribution < 1.29 is 14.4 Å². The largest absolute Gasteiger partial charge is 0.324 e. The van der Waals surface area contributed by atoms with Gasteiger partial charge in [-0.3, -0.25) is 14.4 Å². The molecule has 4 rings (SSSR count). The SMILES string of the molecule is CC(Sc1cccc(NC(=O)/C(=C/c2ccc(Cl)cc2)NC(=O)c2ccccc2)c1)C(=O)Nc1ccccc1Cl. The predicted molar refractivity (Wildman–Crippen MR) is 164 cm³/mol. The third-order valence-corrected chi connectivity index (χ3v) is 7.29. The van der Waals surface area contributed by atoms with Gasteiger partial charge in [-0.2, -0.15) is 0 Å². The Morgan fingerprint density at radius 2 is 1.50 bits per heavy atom. The Hall–Kier alpha value is -4.04. The lowest BCUT2D eigenvalue weighted by Crippen LogP contribution is -2.30. The van der Waals surface area contributed by atoms with Gasteiger partial charge < -0.3 is 16.0 Å². The fraction of sp³-hybridized carbons (Fsp3) is 0.0645. The van der Waals surface area contributed by atoms with Crippen molar-refractivity contribution in [2.45, 2.75) is 17.1 Å². The summed E-state index contributed by atoms with van der Waals surface area (Å²) < 4.78 is 0. The monoisotopic (exact) mass is 589 g/mol. The third kappa shape index (κ3) is 8.23. The van der Waals surface area contributed by atoms with E-state index in [2.05, 4.69) is 16.0 Å². The first kappa shape index (κ1) is 29.0. The zero-order valence-electron chi connectivity index (χ0n) is 21.4. The molecule has 0 spiro atoms. The van der Waals surface area contributed by atoms with Crippen LogP contribution in [0.15, 0.2) is 114 Å². The van der Waals surface area contributed by atoms with Gasteiger partial charge in [0.1, 0.15) is 5.70 Å². The van der Waals surface area contributed by atoms with E-state index in [0.717, 1.165) is 4.90 Å². The second-order valence-corrected chi connectivity index (χ2v) is 10.9. The zero-order valence-corrected chi connectivity index (χ0v) is 23.7. The average Bonchev–Trinajstić information content (AvgIpc) is 2.95. The molecule has 3 amide bonds. The van der Waals surface area contributed by atoms with Gasteiger partial charge in [-0.25, -0.2) is 0 Å². The second kappa shape index (κ2) is 13.8. The molecular weight excluding hydrogens is 565 g/mol. The summed E-state index contributed by atoms with van der Waals surface area (Å²) in [5.74, 6) is -1.13. The summed E-state index contributed by atoms with van der Waals surface area (Å²) >= 11 is 13.5. The van der Waals surface area contributed by atoms with E-state index in [4.69, 9.17) is 23.2 Å². The molecular formula is C31H25Cl2N3O3S. The molecule has 0 fully saturated rings. The molecule has 0 aliphatic rings. The molecule has 0 saturated carbocycles. The molecule has 0 aliphatic heterocycles. The summed E-state index contributed by atoms with van der Waals surface area (Å²) in [6.45, 7) is 1.79. The molecule has 0 radical (unpaired) electrons. The van der Waals surface area contributed by atoms with Crippen LogP contribution in [0.3, 0.4) is 0 Å². The molecule has 3 N–H and O–H groups in total. The minimum Gasteiger partial charge on any atom is -0.324 e. The number of nitrogens with one attached hydrogen (secondary N) is 3. The molecule has 6 nitrogen and oxygen atoms in total. The number of carbonyl (C=O) groups excluding carboxylic acids is 3. The van der Waals surface area contributed by atoms with Crippen molar-refractivity contribution in [3.05, 3.63) is 130 Å². The number of hydrogen-bond acceptors (Lipinski definition) is 4. The molecule has 0 heterocycles. The van der Waals surface area contributed by atoms with Crippen molar-refractivity contribution in [3.8, 4) is 0 Å². The lowest BCUT2D eigenvalue weighted by atomic mass is 10.1. The van der Waals surface area contributed by atoms with E-state index < -0.39 is 17.1 Å². The average molecular weight is 591 g/mol. The highest BCUT2D eigenvalue weighted by Crippen LogP contribution is 2.28. The summed E-state index contributed by atoms with van der Waals surface area (Å²) in [6, 6.07) is 29.7. The molecule has 202 valence electrons. The number of amides is 3. The van der Waals surface area contributed by atoms with Gasteiger partial charge in [-0.1, -0.05) is 71.7 Å². The second-order valence-electron chi connectivity index (χ2n) is 8.64. The molecule has 9 heteroatoms. The van der Waals surface area contributed by atoms with E-state index in [1.54, 1.807) is 110 Å². The Morgan fingerprint density at radius 3 is 2.23 bits per heavy atom. The maximum atomic E-state index is 13.3. The Balaban J connectivity index is 1.48. The Bertz CT molecular complexity index is 1540. The number of halogens is 2. The smallest absolute Gasteiger partial charge is 0.272 e. The predicted octanol–water partition coefficient (Wildman–Crippen LogP) is 7.52. The van der Waals surface area contributed by atoms with E-state index in [9.17, 15) is 14.4 Å². The van der Waals surface area contributed by atoms with E-state index in [-0.39, 0.29) is 11.6 Å². The fourth-order valence-electron chi connectivity index (χ4n) is 3.57. The molecule has 0 aromatic heterocycles. The number of para-hydroxylation sites is 1. The summed E-state index contributed by atoms with van der Waals surface area (Å²) in [5, 5.41) is 8.97. The highest BCUT2D eigenvalue weighted by Gasteiger charge is 2.18. The zero-order chi connectivity index (χ0) is 28.5. The lowest BCUT2D eigenvalue weighted by Gasteiger charge is -2.14. The number of anilines is 2. The van der Waals surface area contributed by atoms with E-state index in [0.29, 0.717) is 32.5 Å². The molecule has 40 heavy (non-hydrogen) atoms. The first-order valence-corrected chi connectivity index (χ1v) is 13.9. The Kier molecular flexibility index (Phi) is 10.0. The van der Waals surface area contributed by atoms with Gasteiger partial charge in [0.15, 0.2) is 0 Å². The van der Waals surface area contributed by atoms with Crippen molar-refractivity contribution >= 4 is 70.1 Å². The summed E-state index contributed by atoms with van der Waals surface area (Å²) in [4.78, 5) is 39.7. The van der Waals surface area contributed by atoms with Gasteiger partial charge in [0, 0.05) is 21.2 Å². The van der Waals surface area contributed by atoms with Gasteiger partial charge in [0.2, 0.25) is 5.91 Å². The van der Waals surface area contributed by atoms with Crippen molar-refractivity contribution in [1.29, 1.82) is 0 Å². The lowest BCUT2D eigenvalue weighted by molar-refractivity contribution is -0.115. The highest BCUT2D eigenvalue weighted by atomic mass is 35.5. The minimum atomic E-state index is -0.508. The number of carbonyl (C=O) groups is 3. The standard InChI is InChI=1S/C31H25Cl2N3O3S/c1-20(29(37)35-27-13-6-5-12-26(27)33)40-25-11-7-10-24(19-25)34-31(39)28(18-21-14-16-23(32)17-15-21)36-30(38)22-8-3-2-4-9-22/h2-20H,1H3,(H,34,39)(H,35,37)(H,36,38)/b28-18-. The molecule has 1 atom stereocenters. The van der Waals surface area contributed by atoms with Gasteiger partial charge in [0.05, 0.1) is 16.0 Å². The summed E-state index contributed by atoms with van der Waals surface area (Å²) in [5.41, 5.74) is 2.21. The first-order valence-electron chi connectivity index (χ1n) is 12.3. The maximum absolute atomic E-state index is 13.3. The van der Waals surface area contributed by atoms with Crippen LogP contribution in [0.4, 0.5) is 11.4 Å². The molecule has 0 aliphatic carbocycles. The van der Waals surface area contributed by atoms with Gasteiger partial charge in [-0.05, 0) is 73.2 Å². The Morgan fingerprint density at radius 1 is 0.800 bits per heavy atom. The molecule has 4 aromatic rings. The van der Waals surface area contributed by atoms with Gasteiger partial charge in [0.25, 0.3) is 11.8 Å². The number of rotatable bonds is 9. The maximum Gasteiger partial charge on any atom is 0.272 e. The first-order chi connectivity index (χ1) is 19.3. The van der Waals surface area contributed by atoms with Crippen molar-refractivity contribution in [2.24, 2.45) is 0 Å². The summed E-state index contributed by atoms with van der Waals surface area (Å²) in [7, 11) is 0. The minimum absolute atomic E-state index is 0.0571. The van der Waals surface area contributed by atoms with Crippen LogP contribution in [-0.4, -0.2) is 23.0 Å². The van der Waals surface area contributed by atoms with E-state index in [1.165, 1.54) is 11.8 Å². The van der Waals surface area contributed by atoms with Crippen molar-refractivity contribution in [1.82, 2.24) is 5.32 Å². The number of benzene rings is 4.